The number of hydrogen-bond donors (Lipinski definition) is 2. The molecule has 3 nitrogen and oxygen atoms in total. The maximum absolute atomic E-state index is 11.8. The van der Waals surface area contributed by atoms with Crippen molar-refractivity contribution < 1.29 is 14.9 Å². The van der Waals surface area contributed by atoms with E-state index in [2.05, 4.69) is 34.6 Å². The normalized spacial score (nSPS) is 62.8. The van der Waals surface area contributed by atoms with E-state index in [1.165, 1.54) is 38.5 Å². The second kappa shape index (κ2) is 6.48. The van der Waals surface area contributed by atoms with Gasteiger partial charge in [0.05, 0.1) is 12.7 Å². The third-order valence-electron chi connectivity index (χ3n) is 12.5. The van der Waals surface area contributed by atoms with Gasteiger partial charge in [-0.05, 0) is 91.8 Å². The van der Waals surface area contributed by atoms with Crippen LogP contribution in [0.25, 0.3) is 0 Å². The van der Waals surface area contributed by atoms with Gasteiger partial charge in [-0.3, -0.25) is 0 Å². The van der Waals surface area contributed by atoms with Crippen molar-refractivity contribution in [1.82, 2.24) is 0 Å². The monoisotopic (exact) mass is 418 g/mol. The zero-order valence-electron chi connectivity index (χ0n) is 20.3. The van der Waals surface area contributed by atoms with Gasteiger partial charge in [-0.15, -0.1) is 0 Å². The van der Waals surface area contributed by atoms with Crippen LogP contribution in [0.1, 0.15) is 99.3 Å². The first kappa shape index (κ1) is 21.7. The number of fused-ring (bicyclic) bond motifs is 7. The molecule has 0 bridgehead atoms. The summed E-state index contributed by atoms with van der Waals surface area (Å²) in [5.41, 5.74) is 0.980. The Morgan fingerprint density at radius 3 is 2.23 bits per heavy atom. The fraction of sp³-hybridized carbons (Fsp3) is 1.00. The van der Waals surface area contributed by atoms with Crippen molar-refractivity contribution in [2.24, 2.45) is 51.2 Å². The largest absolute Gasteiger partial charge is 0.393 e. The summed E-state index contributed by atoms with van der Waals surface area (Å²) in [6, 6.07) is 0. The molecule has 3 heteroatoms. The molecule has 5 fully saturated rings. The smallest absolute Gasteiger partial charge is 0.165 e. The SMILES string of the molecule is CC[C@@]1(C)CCC[C@]2(C)[C@H]3C[C@H](O)[C@]4(C)[C@H]5COC(C)(O)[C@@H]5CC[C@H]4[C@]3(C)CC[C@@H]12. The van der Waals surface area contributed by atoms with Crippen molar-refractivity contribution >= 4 is 0 Å². The van der Waals surface area contributed by atoms with E-state index in [9.17, 15) is 10.2 Å². The van der Waals surface area contributed by atoms with Crippen LogP contribution in [0.5, 0.6) is 0 Å². The third-order valence-corrected chi connectivity index (χ3v) is 12.5. The molecule has 0 aromatic rings. The molecule has 0 amide bonds. The summed E-state index contributed by atoms with van der Waals surface area (Å²) >= 11 is 0. The van der Waals surface area contributed by atoms with E-state index in [-0.39, 0.29) is 23.4 Å². The fourth-order valence-corrected chi connectivity index (χ4v) is 10.7. The highest BCUT2D eigenvalue weighted by Gasteiger charge is 2.70. The molecular weight excluding hydrogens is 372 g/mol. The summed E-state index contributed by atoms with van der Waals surface area (Å²) in [6.07, 6.45) is 10.9. The second-order valence-electron chi connectivity index (χ2n) is 13.3. The Balaban J connectivity index is 1.54. The predicted molar refractivity (Wildman–Crippen MR) is 120 cm³/mol. The van der Waals surface area contributed by atoms with Gasteiger partial charge < -0.3 is 14.9 Å². The molecule has 1 aliphatic heterocycles. The van der Waals surface area contributed by atoms with Crippen LogP contribution >= 0.6 is 0 Å². The number of aliphatic hydroxyl groups is 2. The van der Waals surface area contributed by atoms with Gasteiger partial charge in [-0.25, -0.2) is 0 Å². The zero-order chi connectivity index (χ0) is 21.7. The minimum atomic E-state index is -1.02. The maximum Gasteiger partial charge on any atom is 0.165 e. The molecule has 1 unspecified atom stereocenters. The topological polar surface area (TPSA) is 49.7 Å². The highest BCUT2D eigenvalue weighted by Crippen LogP contribution is 2.74. The molecule has 11 atom stereocenters. The molecule has 172 valence electrons. The van der Waals surface area contributed by atoms with Crippen LogP contribution in [0.3, 0.4) is 0 Å². The van der Waals surface area contributed by atoms with Crippen LogP contribution in [0, 0.1) is 51.2 Å². The van der Waals surface area contributed by atoms with Gasteiger partial charge >= 0.3 is 0 Å². The van der Waals surface area contributed by atoms with Crippen LogP contribution in [-0.2, 0) is 4.74 Å². The summed E-state index contributed by atoms with van der Waals surface area (Å²) < 4.78 is 5.91. The van der Waals surface area contributed by atoms with Gasteiger partial charge in [0.1, 0.15) is 0 Å². The molecule has 0 aromatic carbocycles. The Morgan fingerprint density at radius 1 is 0.833 bits per heavy atom. The summed E-state index contributed by atoms with van der Waals surface area (Å²) in [6.45, 7) is 15.0. The van der Waals surface area contributed by atoms with Crippen molar-refractivity contribution in [3.63, 3.8) is 0 Å². The van der Waals surface area contributed by atoms with E-state index in [1.807, 2.05) is 6.92 Å². The maximum atomic E-state index is 11.8. The molecule has 0 radical (unpaired) electrons. The molecule has 5 rings (SSSR count). The van der Waals surface area contributed by atoms with E-state index in [0.29, 0.717) is 34.7 Å². The second-order valence-corrected chi connectivity index (χ2v) is 13.3. The van der Waals surface area contributed by atoms with Crippen LogP contribution in [0.15, 0.2) is 0 Å². The van der Waals surface area contributed by atoms with E-state index in [1.54, 1.807) is 0 Å². The van der Waals surface area contributed by atoms with Gasteiger partial charge in [0.25, 0.3) is 0 Å². The molecule has 1 heterocycles. The molecular formula is C27H46O3. The Hall–Kier alpha value is -0.120. The minimum Gasteiger partial charge on any atom is -0.393 e. The quantitative estimate of drug-likeness (QED) is 0.568. The van der Waals surface area contributed by atoms with E-state index >= 15 is 0 Å². The van der Waals surface area contributed by atoms with Crippen LogP contribution in [-0.4, -0.2) is 28.7 Å². The number of aliphatic hydroxyl groups excluding tert-OH is 1. The highest BCUT2D eigenvalue weighted by molar-refractivity contribution is 5.18. The summed E-state index contributed by atoms with van der Waals surface area (Å²) in [7, 11) is 0. The fourth-order valence-electron chi connectivity index (χ4n) is 10.7. The molecule has 5 aliphatic rings. The van der Waals surface area contributed by atoms with Crippen LogP contribution < -0.4 is 0 Å². The van der Waals surface area contributed by atoms with Gasteiger partial charge in [-0.1, -0.05) is 47.5 Å². The number of hydrogen-bond acceptors (Lipinski definition) is 3. The molecule has 0 aromatic heterocycles. The molecule has 1 saturated heterocycles. The predicted octanol–water partition coefficient (Wildman–Crippen LogP) is 5.78. The molecule has 0 spiro atoms. The lowest BCUT2D eigenvalue weighted by Crippen LogP contribution is -2.67. The summed E-state index contributed by atoms with van der Waals surface area (Å²) in [4.78, 5) is 0. The average Bonchev–Trinajstić information content (AvgIpc) is 3.00. The van der Waals surface area contributed by atoms with Gasteiger partial charge in [-0.2, -0.15) is 0 Å². The Labute approximate surface area is 184 Å². The van der Waals surface area contributed by atoms with Crippen LogP contribution in [0.4, 0.5) is 0 Å². The first-order valence-corrected chi connectivity index (χ1v) is 13.0. The Morgan fingerprint density at radius 2 is 1.53 bits per heavy atom. The minimum absolute atomic E-state index is 0.138. The number of rotatable bonds is 1. The summed E-state index contributed by atoms with van der Waals surface area (Å²) in [5.74, 6) is 1.36. The van der Waals surface area contributed by atoms with E-state index in [0.717, 1.165) is 25.2 Å². The van der Waals surface area contributed by atoms with Crippen molar-refractivity contribution in [2.75, 3.05) is 6.61 Å². The van der Waals surface area contributed by atoms with Gasteiger partial charge in [0.15, 0.2) is 5.79 Å². The molecule has 30 heavy (non-hydrogen) atoms. The standard InChI is InChI=1S/C27H46O3/c1-7-23(2)12-8-13-24(3)19(23)11-14-25(4)20-10-9-17-18(16-30-27(17,6)29)26(20,5)22(28)15-21(24)25/h17-22,28-29H,7-16H2,1-6H3/t17-,18+,19+,20+,21-,22+,23+,24+,25+,26-,27?/m1/s1. The zero-order valence-corrected chi connectivity index (χ0v) is 20.3. The molecule has 4 aliphatic carbocycles. The first-order valence-electron chi connectivity index (χ1n) is 13.0. The van der Waals surface area contributed by atoms with Gasteiger partial charge in [0.2, 0.25) is 0 Å². The van der Waals surface area contributed by atoms with Crippen molar-refractivity contribution in [3.05, 3.63) is 0 Å². The molecule has 4 saturated carbocycles. The number of ether oxygens (including phenoxy) is 1. The third kappa shape index (κ3) is 2.49. The highest BCUT2D eigenvalue weighted by atomic mass is 16.6. The molecule has 2 N–H and O–H groups in total. The average molecular weight is 419 g/mol. The Kier molecular flexibility index (Phi) is 4.69. The van der Waals surface area contributed by atoms with Crippen molar-refractivity contribution in [3.8, 4) is 0 Å². The van der Waals surface area contributed by atoms with E-state index in [4.69, 9.17) is 4.74 Å². The van der Waals surface area contributed by atoms with Crippen LogP contribution in [0.2, 0.25) is 0 Å². The summed E-state index contributed by atoms with van der Waals surface area (Å²) in [5, 5.41) is 22.6. The van der Waals surface area contributed by atoms with E-state index < -0.39 is 5.79 Å². The van der Waals surface area contributed by atoms with Gasteiger partial charge in [0, 0.05) is 11.3 Å². The van der Waals surface area contributed by atoms with Crippen molar-refractivity contribution in [1.29, 1.82) is 0 Å². The van der Waals surface area contributed by atoms with Crippen molar-refractivity contribution in [2.45, 2.75) is 111 Å². The lowest BCUT2D eigenvalue weighted by molar-refractivity contribution is -0.255. The first-order chi connectivity index (χ1) is 13.9. The lowest BCUT2D eigenvalue weighted by Gasteiger charge is -2.71. The Bertz CT molecular complexity index is 704. The lowest BCUT2D eigenvalue weighted by atomic mass is 9.34.